The van der Waals surface area contributed by atoms with Crippen LogP contribution in [0.1, 0.15) is 11.4 Å². The van der Waals surface area contributed by atoms with E-state index in [4.69, 9.17) is 11.6 Å². The molecular formula is C17H16ClFN4O2S. The van der Waals surface area contributed by atoms with E-state index in [0.717, 1.165) is 4.68 Å². The number of rotatable bonds is 5. The quantitative estimate of drug-likeness (QED) is 0.720. The zero-order chi connectivity index (χ0) is 18.9. The fourth-order valence-corrected chi connectivity index (χ4v) is 3.98. The first-order valence-corrected chi connectivity index (χ1v) is 9.56. The van der Waals surface area contributed by atoms with Crippen molar-refractivity contribution in [2.24, 2.45) is 0 Å². The Kier molecular flexibility index (Phi) is 5.08. The zero-order valence-electron chi connectivity index (χ0n) is 14.1. The van der Waals surface area contributed by atoms with E-state index in [2.05, 4.69) is 15.4 Å². The molecule has 26 heavy (non-hydrogen) atoms. The van der Waals surface area contributed by atoms with Gasteiger partial charge >= 0.3 is 0 Å². The molecule has 0 spiro atoms. The van der Waals surface area contributed by atoms with Crippen molar-refractivity contribution in [3.05, 3.63) is 64.8 Å². The number of benzene rings is 1. The smallest absolute Gasteiger partial charge is 0.225 e. The Balaban J connectivity index is 2.23. The standard InChI is InChI=1S/C17H16ClFN4O2S/c1-11-6-7-13(10-21-11)26(24,25)16-8-12(9-20-2)22-23(16)15-5-3-4-14(19)17(15)18/h3-8,10,20H,9H2,1-2H3. The maximum Gasteiger partial charge on any atom is 0.225 e. The first kappa shape index (κ1) is 18.5. The molecule has 136 valence electrons. The van der Waals surface area contributed by atoms with Crippen LogP contribution in [0, 0.1) is 12.7 Å². The molecule has 9 heteroatoms. The van der Waals surface area contributed by atoms with E-state index in [0.29, 0.717) is 17.9 Å². The summed E-state index contributed by atoms with van der Waals surface area (Å²) in [6, 6.07) is 8.67. The van der Waals surface area contributed by atoms with Crippen LogP contribution in [0.2, 0.25) is 5.02 Å². The molecule has 1 N–H and O–H groups in total. The minimum Gasteiger partial charge on any atom is -0.314 e. The van der Waals surface area contributed by atoms with Gasteiger partial charge in [0.2, 0.25) is 9.84 Å². The van der Waals surface area contributed by atoms with Gasteiger partial charge in [-0.05, 0) is 38.2 Å². The molecule has 0 fully saturated rings. The van der Waals surface area contributed by atoms with Crippen LogP contribution in [-0.2, 0) is 16.4 Å². The topological polar surface area (TPSA) is 76.9 Å². The van der Waals surface area contributed by atoms with E-state index >= 15 is 0 Å². The highest BCUT2D eigenvalue weighted by Crippen LogP contribution is 2.29. The monoisotopic (exact) mass is 394 g/mol. The van der Waals surface area contributed by atoms with Gasteiger partial charge in [0, 0.05) is 24.5 Å². The van der Waals surface area contributed by atoms with Crippen molar-refractivity contribution in [1.29, 1.82) is 0 Å². The maximum absolute atomic E-state index is 13.9. The van der Waals surface area contributed by atoms with Gasteiger partial charge in [-0.2, -0.15) is 5.10 Å². The van der Waals surface area contributed by atoms with Crippen LogP contribution < -0.4 is 5.32 Å². The van der Waals surface area contributed by atoms with E-state index in [1.807, 2.05) is 0 Å². The van der Waals surface area contributed by atoms with Crippen LogP contribution in [0.3, 0.4) is 0 Å². The summed E-state index contributed by atoms with van der Waals surface area (Å²) >= 11 is 6.04. The molecular weight excluding hydrogens is 379 g/mol. The number of nitrogens with zero attached hydrogens (tertiary/aromatic N) is 3. The third-order valence-corrected chi connectivity index (χ3v) is 5.79. The van der Waals surface area contributed by atoms with Gasteiger partial charge in [0.25, 0.3) is 0 Å². The minimum absolute atomic E-state index is 0.0211. The Labute approximate surface area is 155 Å². The van der Waals surface area contributed by atoms with E-state index in [9.17, 15) is 12.8 Å². The lowest BCUT2D eigenvalue weighted by Gasteiger charge is -2.10. The number of hydrogen-bond donors (Lipinski definition) is 1. The van der Waals surface area contributed by atoms with Gasteiger partial charge in [0.05, 0.1) is 16.3 Å². The summed E-state index contributed by atoms with van der Waals surface area (Å²) in [7, 11) is -2.22. The van der Waals surface area contributed by atoms with Crippen molar-refractivity contribution in [2.75, 3.05) is 7.05 Å². The summed E-state index contributed by atoms with van der Waals surface area (Å²) in [5.41, 5.74) is 1.32. The molecule has 0 unspecified atom stereocenters. The van der Waals surface area contributed by atoms with Crippen molar-refractivity contribution in [1.82, 2.24) is 20.1 Å². The average Bonchev–Trinajstić information content (AvgIpc) is 3.03. The van der Waals surface area contributed by atoms with Crippen LogP contribution >= 0.6 is 11.6 Å². The third kappa shape index (κ3) is 3.35. The number of aromatic nitrogens is 3. The second-order valence-electron chi connectivity index (χ2n) is 5.63. The molecule has 0 amide bonds. The first-order chi connectivity index (χ1) is 12.3. The van der Waals surface area contributed by atoms with Gasteiger partial charge in [0.1, 0.15) is 10.8 Å². The van der Waals surface area contributed by atoms with Crippen LogP contribution in [-0.4, -0.2) is 30.2 Å². The second kappa shape index (κ2) is 7.14. The van der Waals surface area contributed by atoms with Crippen molar-refractivity contribution in [3.8, 4) is 5.69 Å². The van der Waals surface area contributed by atoms with E-state index < -0.39 is 15.7 Å². The Morgan fingerprint density at radius 2 is 2.04 bits per heavy atom. The highest BCUT2D eigenvalue weighted by Gasteiger charge is 2.26. The summed E-state index contributed by atoms with van der Waals surface area (Å²) in [6.45, 7) is 2.10. The molecule has 0 aliphatic heterocycles. The molecule has 2 aromatic heterocycles. The van der Waals surface area contributed by atoms with Crippen LogP contribution in [0.25, 0.3) is 5.69 Å². The number of halogens is 2. The zero-order valence-corrected chi connectivity index (χ0v) is 15.6. The lowest BCUT2D eigenvalue weighted by Crippen LogP contribution is -2.11. The third-order valence-electron chi connectivity index (χ3n) is 3.71. The van der Waals surface area contributed by atoms with Gasteiger partial charge < -0.3 is 5.32 Å². The van der Waals surface area contributed by atoms with Gasteiger partial charge in [-0.3, -0.25) is 4.98 Å². The largest absolute Gasteiger partial charge is 0.314 e. The molecule has 3 rings (SSSR count). The fourth-order valence-electron chi connectivity index (χ4n) is 2.43. The van der Waals surface area contributed by atoms with E-state index in [-0.39, 0.29) is 20.6 Å². The molecule has 0 saturated carbocycles. The molecule has 1 aromatic carbocycles. The summed E-state index contributed by atoms with van der Waals surface area (Å²) in [5.74, 6) is -0.657. The molecule has 0 bridgehead atoms. The van der Waals surface area contributed by atoms with E-state index in [1.54, 1.807) is 20.0 Å². The number of aryl methyl sites for hydroxylation is 1. The highest BCUT2D eigenvalue weighted by atomic mass is 35.5. The Morgan fingerprint density at radius 1 is 1.27 bits per heavy atom. The molecule has 0 atom stereocenters. The Bertz CT molecular complexity index is 1050. The number of hydrogen-bond acceptors (Lipinski definition) is 5. The van der Waals surface area contributed by atoms with Crippen molar-refractivity contribution < 1.29 is 12.8 Å². The van der Waals surface area contributed by atoms with E-state index in [1.165, 1.54) is 36.5 Å². The van der Waals surface area contributed by atoms with Crippen LogP contribution in [0.4, 0.5) is 4.39 Å². The molecule has 0 aliphatic carbocycles. The Hall–Kier alpha value is -2.29. The molecule has 0 radical (unpaired) electrons. The lowest BCUT2D eigenvalue weighted by molar-refractivity contribution is 0.584. The number of nitrogens with one attached hydrogen (secondary N) is 1. The maximum atomic E-state index is 13.9. The molecule has 0 saturated heterocycles. The van der Waals surface area contributed by atoms with Crippen LogP contribution in [0.15, 0.2) is 52.5 Å². The summed E-state index contributed by atoms with van der Waals surface area (Å²) in [5, 5.41) is 6.88. The number of pyridine rings is 1. The summed E-state index contributed by atoms with van der Waals surface area (Å²) in [6.07, 6.45) is 1.28. The predicted octanol–water partition coefficient (Wildman–Crippen LogP) is 2.92. The van der Waals surface area contributed by atoms with Crippen molar-refractivity contribution >= 4 is 21.4 Å². The summed E-state index contributed by atoms with van der Waals surface area (Å²) in [4.78, 5) is 4.06. The average molecular weight is 395 g/mol. The van der Waals surface area contributed by atoms with Crippen LogP contribution in [0.5, 0.6) is 0 Å². The fraction of sp³-hybridized carbons (Fsp3) is 0.176. The minimum atomic E-state index is -3.93. The van der Waals surface area contributed by atoms with Crippen molar-refractivity contribution in [2.45, 2.75) is 23.4 Å². The first-order valence-electron chi connectivity index (χ1n) is 7.70. The second-order valence-corrected chi connectivity index (χ2v) is 7.90. The molecule has 2 heterocycles. The highest BCUT2D eigenvalue weighted by molar-refractivity contribution is 7.91. The molecule has 3 aromatic rings. The molecule has 6 nitrogen and oxygen atoms in total. The normalized spacial score (nSPS) is 11.7. The molecule has 0 aliphatic rings. The van der Waals surface area contributed by atoms with Gasteiger partial charge in [-0.15, -0.1) is 0 Å². The van der Waals surface area contributed by atoms with Gasteiger partial charge in [-0.1, -0.05) is 17.7 Å². The predicted molar refractivity (Wildman–Crippen MR) is 95.7 cm³/mol. The lowest BCUT2D eigenvalue weighted by atomic mass is 10.3. The Morgan fingerprint density at radius 3 is 2.69 bits per heavy atom. The number of sulfone groups is 1. The van der Waals surface area contributed by atoms with Gasteiger partial charge in [-0.25, -0.2) is 17.5 Å². The van der Waals surface area contributed by atoms with Crippen molar-refractivity contribution in [3.63, 3.8) is 0 Å². The van der Waals surface area contributed by atoms with Gasteiger partial charge in [0.15, 0.2) is 5.03 Å². The SMILES string of the molecule is CNCc1cc(S(=O)(=O)c2ccc(C)nc2)n(-c2cccc(F)c2Cl)n1. The summed E-state index contributed by atoms with van der Waals surface area (Å²) < 4.78 is 41.2.